The van der Waals surface area contributed by atoms with E-state index < -0.39 is 5.60 Å². The van der Waals surface area contributed by atoms with Crippen molar-refractivity contribution in [3.05, 3.63) is 0 Å². The topological polar surface area (TPSA) is 23.1 Å². The van der Waals surface area contributed by atoms with E-state index in [1.165, 1.54) is 44.9 Å². The van der Waals surface area contributed by atoms with Gasteiger partial charge in [-0.2, -0.15) is 0 Å². The largest absolute Gasteiger partial charge is 2.00 e. The maximum absolute atomic E-state index is 12.3. The molecule has 92 valence electrons. The smallest absolute Gasteiger partial charge is 1.00 e. The fraction of sp³-hybridized carbons (Fsp3) is 1.00. The Labute approximate surface area is 116 Å². The van der Waals surface area contributed by atoms with Crippen LogP contribution in [0.5, 0.6) is 0 Å². The third-order valence-electron chi connectivity index (χ3n) is 3.50. The van der Waals surface area contributed by atoms with E-state index in [1.54, 1.807) is 0 Å². The van der Waals surface area contributed by atoms with Crippen LogP contribution in [0.3, 0.4) is 0 Å². The van der Waals surface area contributed by atoms with Gasteiger partial charge in [0.05, 0.1) is 0 Å². The Morgan fingerprint density at radius 3 is 2.00 bits per heavy atom. The Balaban J connectivity index is 0. The van der Waals surface area contributed by atoms with E-state index in [0.29, 0.717) is 0 Å². The average molecular weight is 241 g/mol. The minimum atomic E-state index is -0.537. The van der Waals surface area contributed by atoms with Gasteiger partial charge in [0.1, 0.15) is 0 Å². The molecule has 0 spiro atoms. The molecule has 0 N–H and O–H groups in total. The maximum Gasteiger partial charge on any atom is 2.00 e. The van der Waals surface area contributed by atoms with Gasteiger partial charge in [-0.1, -0.05) is 77.6 Å². The molecular weight excluding hydrogens is 215 g/mol. The molecule has 1 nitrogen and oxygen atoms in total. The molecule has 16 heavy (non-hydrogen) atoms. The summed E-state index contributed by atoms with van der Waals surface area (Å²) in [5, 5.41) is 12.3. The fourth-order valence-electron chi connectivity index (χ4n) is 2.50. The molecular formula is C13H25FMgO. The quantitative estimate of drug-likeness (QED) is 0.378. The summed E-state index contributed by atoms with van der Waals surface area (Å²) in [5.74, 6) is 0. The van der Waals surface area contributed by atoms with Crippen LogP contribution in [-0.4, -0.2) is 28.7 Å². The second kappa shape index (κ2) is 10.8. The maximum atomic E-state index is 12.3. The van der Waals surface area contributed by atoms with Crippen molar-refractivity contribution in [2.24, 2.45) is 0 Å². The first-order valence-corrected chi connectivity index (χ1v) is 6.47. The van der Waals surface area contributed by atoms with E-state index in [4.69, 9.17) is 0 Å². The molecule has 0 heterocycles. The van der Waals surface area contributed by atoms with Crippen LogP contribution >= 0.6 is 0 Å². The van der Waals surface area contributed by atoms with Crippen molar-refractivity contribution >= 4 is 23.1 Å². The van der Waals surface area contributed by atoms with Crippen molar-refractivity contribution in [2.45, 2.75) is 83.2 Å². The van der Waals surface area contributed by atoms with Crippen LogP contribution < -0.4 is 9.81 Å². The number of unbranched alkanes of at least 4 members (excludes halogenated alkanes) is 3. The molecule has 0 radical (unpaired) electrons. The molecule has 0 saturated heterocycles. The Hall–Kier alpha value is 0.656. The van der Waals surface area contributed by atoms with E-state index in [1.807, 2.05) is 0 Å². The molecule has 0 aromatic rings. The summed E-state index contributed by atoms with van der Waals surface area (Å²) in [6.45, 7) is 2.22. The molecule has 0 aromatic carbocycles. The van der Waals surface area contributed by atoms with Gasteiger partial charge in [-0.25, -0.2) is 0 Å². The second-order valence-corrected chi connectivity index (χ2v) is 4.91. The molecule has 1 saturated carbocycles. The molecule has 0 unspecified atom stereocenters. The van der Waals surface area contributed by atoms with Gasteiger partial charge in [0.25, 0.3) is 0 Å². The van der Waals surface area contributed by atoms with Crippen LogP contribution in [0.25, 0.3) is 0 Å². The van der Waals surface area contributed by atoms with Gasteiger partial charge in [-0.3, -0.25) is 0 Å². The molecule has 1 fully saturated rings. The summed E-state index contributed by atoms with van der Waals surface area (Å²) in [7, 11) is 0. The number of halogens is 1. The average Bonchev–Trinajstić information content (AvgIpc) is 2.39. The zero-order valence-corrected chi connectivity index (χ0v) is 12.2. The van der Waals surface area contributed by atoms with Gasteiger partial charge >= 0.3 is 23.1 Å². The monoisotopic (exact) mass is 240 g/mol. The van der Waals surface area contributed by atoms with E-state index in [-0.39, 0.29) is 27.8 Å². The van der Waals surface area contributed by atoms with Crippen molar-refractivity contribution in [2.75, 3.05) is 0 Å². The van der Waals surface area contributed by atoms with Crippen molar-refractivity contribution in [1.82, 2.24) is 0 Å². The molecule has 0 aromatic heterocycles. The van der Waals surface area contributed by atoms with Crippen molar-refractivity contribution in [3.63, 3.8) is 0 Å². The summed E-state index contributed by atoms with van der Waals surface area (Å²) < 4.78 is 0. The Morgan fingerprint density at radius 1 is 0.938 bits per heavy atom. The Kier molecular flexibility index (Phi) is 12.8. The minimum Gasteiger partial charge on any atom is -1.00 e. The van der Waals surface area contributed by atoms with Crippen LogP contribution in [0.2, 0.25) is 0 Å². The molecule has 1 rings (SSSR count). The molecule has 0 amide bonds. The van der Waals surface area contributed by atoms with Gasteiger partial charge < -0.3 is 9.81 Å². The second-order valence-electron chi connectivity index (χ2n) is 4.91. The van der Waals surface area contributed by atoms with Crippen molar-refractivity contribution in [3.8, 4) is 0 Å². The third kappa shape index (κ3) is 7.85. The molecule has 1 aliphatic carbocycles. The van der Waals surface area contributed by atoms with E-state index in [0.717, 1.165) is 25.7 Å². The first-order chi connectivity index (χ1) is 6.77. The summed E-state index contributed by atoms with van der Waals surface area (Å²) in [5.41, 5.74) is -0.537. The van der Waals surface area contributed by atoms with Crippen LogP contribution in [0.1, 0.15) is 77.6 Å². The van der Waals surface area contributed by atoms with Gasteiger partial charge in [0.15, 0.2) is 0 Å². The minimum absolute atomic E-state index is 0. The Morgan fingerprint density at radius 2 is 1.50 bits per heavy atom. The zero-order valence-electron chi connectivity index (χ0n) is 10.8. The predicted octanol–water partition coefficient (Wildman–Crippen LogP) is 0.0333. The number of hydrogen-bond donors (Lipinski definition) is 0. The summed E-state index contributed by atoms with van der Waals surface area (Å²) in [6, 6.07) is 0. The molecule has 1 aliphatic rings. The summed E-state index contributed by atoms with van der Waals surface area (Å²) in [6.07, 6.45) is 12.8. The van der Waals surface area contributed by atoms with E-state index in [9.17, 15) is 5.11 Å². The SMILES string of the molecule is CCCCCCC1([O-])CCCCCC1.[F-].[Mg+2]. The van der Waals surface area contributed by atoms with Gasteiger partial charge in [-0.05, 0) is 0 Å². The van der Waals surface area contributed by atoms with Gasteiger partial charge in [-0.15, -0.1) is 5.60 Å². The summed E-state index contributed by atoms with van der Waals surface area (Å²) in [4.78, 5) is 0. The number of hydrogen-bond acceptors (Lipinski definition) is 1. The first-order valence-electron chi connectivity index (χ1n) is 6.47. The van der Waals surface area contributed by atoms with Gasteiger partial charge in [0, 0.05) is 0 Å². The fourth-order valence-corrected chi connectivity index (χ4v) is 2.50. The molecule has 0 aliphatic heterocycles. The van der Waals surface area contributed by atoms with Crippen LogP contribution in [0.4, 0.5) is 0 Å². The predicted molar refractivity (Wildman–Crippen MR) is 64.9 cm³/mol. The first kappa shape index (κ1) is 19.0. The third-order valence-corrected chi connectivity index (χ3v) is 3.50. The Bertz CT molecular complexity index is 145. The zero-order chi connectivity index (χ0) is 10.3. The van der Waals surface area contributed by atoms with Crippen LogP contribution in [-0.2, 0) is 0 Å². The molecule has 0 bridgehead atoms. The van der Waals surface area contributed by atoms with Crippen LogP contribution in [0, 0.1) is 0 Å². The van der Waals surface area contributed by atoms with Gasteiger partial charge in [0.2, 0.25) is 0 Å². The number of rotatable bonds is 5. The van der Waals surface area contributed by atoms with Crippen molar-refractivity contribution in [1.29, 1.82) is 0 Å². The van der Waals surface area contributed by atoms with Crippen molar-refractivity contribution < 1.29 is 9.81 Å². The standard InChI is InChI=1S/C13H25O.FH.Mg/c1-2-3-4-7-10-13(14)11-8-5-6-9-12-13;;/h2-12H2,1H3;1H;/q-1;;+2/p-1. The molecule has 3 heteroatoms. The summed E-state index contributed by atoms with van der Waals surface area (Å²) >= 11 is 0. The van der Waals surface area contributed by atoms with E-state index >= 15 is 0 Å². The van der Waals surface area contributed by atoms with E-state index in [2.05, 4.69) is 6.92 Å². The normalized spacial score (nSPS) is 19.1. The molecule has 0 atom stereocenters. The van der Waals surface area contributed by atoms with Crippen LogP contribution in [0.15, 0.2) is 0 Å².